The number of benzene rings is 1. The first kappa shape index (κ1) is 16.9. The molecule has 1 aromatic carbocycles. The van der Waals surface area contributed by atoms with E-state index in [-0.39, 0.29) is 0 Å². The number of hydrogen-bond donors (Lipinski definition) is 0. The fraction of sp³-hybridized carbons (Fsp3) is 0.261. The van der Waals surface area contributed by atoms with Gasteiger partial charge in [0.25, 0.3) is 0 Å². The summed E-state index contributed by atoms with van der Waals surface area (Å²) in [5.74, 6) is 0.964. The van der Waals surface area contributed by atoms with E-state index in [9.17, 15) is 0 Å². The predicted octanol–water partition coefficient (Wildman–Crippen LogP) is 4.87. The molecule has 1 saturated carbocycles. The van der Waals surface area contributed by atoms with E-state index in [4.69, 9.17) is 0 Å². The normalized spacial score (nSPS) is 16.7. The number of hydrogen-bond acceptors (Lipinski definition) is 4. The van der Waals surface area contributed by atoms with Crippen LogP contribution in [0.25, 0.3) is 17.0 Å². The fourth-order valence-electron chi connectivity index (χ4n) is 3.73. The van der Waals surface area contributed by atoms with Crippen LogP contribution in [0.3, 0.4) is 0 Å². The van der Waals surface area contributed by atoms with Crippen molar-refractivity contribution in [3.63, 3.8) is 0 Å². The Morgan fingerprint density at radius 1 is 1.07 bits per heavy atom. The smallest absolute Gasteiger partial charge is 0.164 e. The molecule has 3 heterocycles. The van der Waals surface area contributed by atoms with Crippen LogP contribution in [-0.2, 0) is 0 Å². The second-order valence-electron chi connectivity index (χ2n) is 7.43. The second-order valence-corrected chi connectivity index (χ2v) is 7.43. The molecule has 140 valence electrons. The molecule has 5 rings (SSSR count). The number of anilines is 1. The van der Waals surface area contributed by atoms with Crippen LogP contribution < -0.4 is 4.90 Å². The van der Waals surface area contributed by atoms with Crippen LogP contribution in [0.5, 0.6) is 0 Å². The second kappa shape index (κ2) is 7.08. The van der Waals surface area contributed by atoms with Gasteiger partial charge < -0.3 is 9.47 Å². The summed E-state index contributed by atoms with van der Waals surface area (Å²) in [7, 11) is 0. The molecule has 1 aliphatic heterocycles. The Balaban J connectivity index is 1.48. The summed E-state index contributed by atoms with van der Waals surface area (Å²) in [5.41, 5.74) is 6.16. The summed E-state index contributed by atoms with van der Waals surface area (Å²) in [6, 6.07) is 13.4. The lowest BCUT2D eigenvalue weighted by Gasteiger charge is -2.28. The third-order valence-corrected chi connectivity index (χ3v) is 5.43. The molecule has 0 spiro atoms. The van der Waals surface area contributed by atoms with Crippen LogP contribution in [0, 0.1) is 0 Å². The Kier molecular flexibility index (Phi) is 4.28. The van der Waals surface area contributed by atoms with E-state index < -0.39 is 0 Å². The van der Waals surface area contributed by atoms with Crippen molar-refractivity contribution in [1.29, 1.82) is 0 Å². The van der Waals surface area contributed by atoms with E-state index in [1.54, 1.807) is 0 Å². The van der Waals surface area contributed by atoms with E-state index in [0.717, 1.165) is 24.4 Å². The predicted molar refractivity (Wildman–Crippen MR) is 112 cm³/mol. The van der Waals surface area contributed by atoms with Crippen LogP contribution in [0.4, 0.5) is 5.69 Å². The molecule has 0 radical (unpaired) electrons. The van der Waals surface area contributed by atoms with Gasteiger partial charge in [-0.2, -0.15) is 0 Å². The van der Waals surface area contributed by atoms with Crippen molar-refractivity contribution in [3.05, 3.63) is 78.5 Å². The van der Waals surface area contributed by atoms with E-state index in [0.29, 0.717) is 6.04 Å². The first-order valence-corrected chi connectivity index (χ1v) is 9.90. The summed E-state index contributed by atoms with van der Waals surface area (Å²) < 4.78 is 2.21. The van der Waals surface area contributed by atoms with Gasteiger partial charge in [0.2, 0.25) is 0 Å². The number of rotatable bonds is 5. The van der Waals surface area contributed by atoms with E-state index >= 15 is 0 Å². The van der Waals surface area contributed by atoms with Gasteiger partial charge >= 0.3 is 0 Å². The Bertz CT molecular complexity index is 1040. The molecule has 5 nitrogen and oxygen atoms in total. The van der Waals surface area contributed by atoms with Gasteiger partial charge in [-0.05, 0) is 60.2 Å². The molecule has 2 aromatic heterocycles. The maximum atomic E-state index is 4.39. The Labute approximate surface area is 165 Å². The minimum atomic E-state index is 0.566. The molecule has 2 aliphatic rings. The van der Waals surface area contributed by atoms with E-state index in [1.807, 2.05) is 18.7 Å². The SMILES string of the molecule is CCC1=CN(c2cccc(-c3nncn3C3CC3)c2)CC(c2ccncc2)=C1. The van der Waals surface area contributed by atoms with Crippen LogP contribution in [0.2, 0.25) is 0 Å². The minimum Gasteiger partial charge on any atom is -0.343 e. The minimum absolute atomic E-state index is 0.566. The van der Waals surface area contributed by atoms with E-state index in [1.165, 1.54) is 35.2 Å². The summed E-state index contributed by atoms with van der Waals surface area (Å²) in [6.07, 6.45) is 13.6. The highest BCUT2D eigenvalue weighted by atomic mass is 15.3. The maximum absolute atomic E-state index is 4.39. The molecule has 1 aliphatic carbocycles. The van der Waals surface area contributed by atoms with Crippen molar-refractivity contribution in [2.24, 2.45) is 0 Å². The number of nitrogens with zero attached hydrogens (tertiary/aromatic N) is 5. The largest absolute Gasteiger partial charge is 0.343 e. The highest BCUT2D eigenvalue weighted by Crippen LogP contribution is 2.38. The van der Waals surface area contributed by atoms with Gasteiger partial charge in [-0.3, -0.25) is 4.98 Å². The average molecular weight is 369 g/mol. The monoisotopic (exact) mass is 369 g/mol. The maximum Gasteiger partial charge on any atom is 0.164 e. The van der Waals surface area contributed by atoms with Crippen molar-refractivity contribution < 1.29 is 0 Å². The molecular weight excluding hydrogens is 346 g/mol. The average Bonchev–Trinajstić information content (AvgIpc) is 3.50. The third-order valence-electron chi connectivity index (χ3n) is 5.43. The van der Waals surface area contributed by atoms with Crippen molar-refractivity contribution in [2.45, 2.75) is 32.2 Å². The molecule has 3 aromatic rings. The summed E-state index contributed by atoms with van der Waals surface area (Å²) in [4.78, 5) is 6.48. The van der Waals surface area contributed by atoms with Gasteiger partial charge in [0.15, 0.2) is 5.82 Å². The zero-order valence-electron chi connectivity index (χ0n) is 16.0. The first-order valence-electron chi connectivity index (χ1n) is 9.90. The number of pyridine rings is 1. The summed E-state index contributed by atoms with van der Waals surface area (Å²) in [5, 5.41) is 8.54. The van der Waals surface area contributed by atoms with Crippen LogP contribution >= 0.6 is 0 Å². The molecule has 0 N–H and O–H groups in total. The van der Waals surface area contributed by atoms with Gasteiger partial charge in [0, 0.05) is 42.4 Å². The Morgan fingerprint density at radius 2 is 1.93 bits per heavy atom. The highest BCUT2D eigenvalue weighted by Gasteiger charge is 2.26. The van der Waals surface area contributed by atoms with Crippen molar-refractivity contribution in [1.82, 2.24) is 19.7 Å². The molecule has 0 saturated heterocycles. The number of allylic oxidation sites excluding steroid dienone is 2. The lowest BCUT2D eigenvalue weighted by molar-refractivity contribution is 0.746. The van der Waals surface area contributed by atoms with Gasteiger partial charge in [-0.15, -0.1) is 10.2 Å². The van der Waals surface area contributed by atoms with E-state index in [2.05, 4.69) is 80.2 Å². The van der Waals surface area contributed by atoms with Crippen molar-refractivity contribution in [2.75, 3.05) is 11.4 Å². The molecular formula is C23H23N5. The molecule has 1 fully saturated rings. The Hall–Kier alpha value is -3.21. The van der Waals surface area contributed by atoms with Crippen molar-refractivity contribution >= 4 is 11.3 Å². The Morgan fingerprint density at radius 3 is 2.71 bits per heavy atom. The zero-order valence-corrected chi connectivity index (χ0v) is 16.0. The van der Waals surface area contributed by atoms with Gasteiger partial charge in [0.05, 0.1) is 0 Å². The topological polar surface area (TPSA) is 46.8 Å². The molecule has 0 amide bonds. The lowest BCUT2D eigenvalue weighted by Crippen LogP contribution is -2.22. The standard InChI is InChI=1S/C23H23N5/c1-2-17-12-20(18-8-10-24-11-9-18)15-27(14-17)22-5-3-4-19(13-22)23-26-25-16-28(23)21-6-7-21/h3-5,8-14,16,21H,2,6-7,15H2,1H3. The molecule has 5 heteroatoms. The molecule has 0 bridgehead atoms. The summed E-state index contributed by atoms with van der Waals surface area (Å²) >= 11 is 0. The first-order chi connectivity index (χ1) is 13.8. The zero-order chi connectivity index (χ0) is 18.9. The fourth-order valence-corrected chi connectivity index (χ4v) is 3.73. The third kappa shape index (κ3) is 3.24. The number of aromatic nitrogens is 4. The van der Waals surface area contributed by atoms with Gasteiger partial charge in [-0.25, -0.2) is 0 Å². The highest BCUT2D eigenvalue weighted by molar-refractivity contribution is 5.76. The van der Waals surface area contributed by atoms with Crippen LogP contribution in [-0.4, -0.2) is 26.3 Å². The van der Waals surface area contributed by atoms with Crippen molar-refractivity contribution in [3.8, 4) is 11.4 Å². The lowest BCUT2D eigenvalue weighted by atomic mass is 9.99. The van der Waals surface area contributed by atoms with Crippen LogP contribution in [0.15, 0.2) is 73.0 Å². The molecule has 0 unspecified atom stereocenters. The van der Waals surface area contributed by atoms with Crippen LogP contribution in [0.1, 0.15) is 37.8 Å². The van der Waals surface area contributed by atoms with Gasteiger partial charge in [-0.1, -0.05) is 25.1 Å². The molecule has 28 heavy (non-hydrogen) atoms. The molecule has 0 atom stereocenters. The van der Waals surface area contributed by atoms with Gasteiger partial charge in [0.1, 0.15) is 6.33 Å². The quantitative estimate of drug-likeness (QED) is 0.643. The summed E-state index contributed by atoms with van der Waals surface area (Å²) in [6.45, 7) is 3.04.